The Kier molecular flexibility index (Phi) is 8.64. The van der Waals surface area contributed by atoms with Crippen LogP contribution < -0.4 is 10.2 Å². The van der Waals surface area contributed by atoms with Crippen molar-refractivity contribution in [3.8, 4) is 11.1 Å². The molecule has 2 aromatic carbocycles. The molecular weight excluding hydrogens is 588 g/mol. The fraction of sp³-hybridized carbons (Fsp3) is 0.324. The molecule has 1 N–H and O–H groups in total. The van der Waals surface area contributed by atoms with E-state index in [1.54, 1.807) is 16.5 Å². The van der Waals surface area contributed by atoms with Crippen LogP contribution in [0.4, 0.5) is 10.9 Å². The predicted octanol–water partition coefficient (Wildman–Crippen LogP) is 5.00. The minimum absolute atomic E-state index is 0.191. The minimum Gasteiger partial charge on any atom is -0.459 e. The molecule has 1 atom stereocenters. The van der Waals surface area contributed by atoms with Crippen LogP contribution in [0.15, 0.2) is 78.4 Å². The van der Waals surface area contributed by atoms with Gasteiger partial charge >= 0.3 is 5.97 Å². The van der Waals surface area contributed by atoms with Crippen LogP contribution in [-0.4, -0.2) is 75.9 Å². The maximum atomic E-state index is 13.8. The highest BCUT2D eigenvalue weighted by Gasteiger charge is 2.38. The van der Waals surface area contributed by atoms with Crippen LogP contribution in [-0.2, 0) is 20.9 Å². The van der Waals surface area contributed by atoms with Crippen LogP contribution in [0.1, 0.15) is 48.3 Å². The number of pyridine rings is 1. The zero-order valence-electron chi connectivity index (χ0n) is 25.6. The first-order chi connectivity index (χ1) is 21.6. The second-order valence-corrected chi connectivity index (χ2v) is 13.1. The Balaban J connectivity index is 1.13. The molecule has 2 aliphatic rings. The molecule has 4 heterocycles. The smallest absolute Gasteiger partial charge is 0.320 e. The molecule has 2 amide bonds. The molecular formula is C34H36N6O4S. The second-order valence-electron chi connectivity index (χ2n) is 12.2. The summed E-state index contributed by atoms with van der Waals surface area (Å²) in [5, 5.41) is 5.16. The van der Waals surface area contributed by atoms with E-state index in [4.69, 9.17) is 9.72 Å². The van der Waals surface area contributed by atoms with Crippen LogP contribution in [0.3, 0.4) is 0 Å². The van der Waals surface area contributed by atoms with Gasteiger partial charge in [-0.25, -0.2) is 9.97 Å². The first kappa shape index (κ1) is 30.4. The van der Waals surface area contributed by atoms with Gasteiger partial charge in [0.05, 0.1) is 6.54 Å². The summed E-state index contributed by atoms with van der Waals surface area (Å²) < 4.78 is 5.46. The normalized spacial score (nSPS) is 15.9. The number of nitrogens with one attached hydrogen (secondary N) is 1. The monoisotopic (exact) mass is 624 g/mol. The van der Waals surface area contributed by atoms with Crippen molar-refractivity contribution in [3.05, 3.63) is 95.1 Å². The Bertz CT molecular complexity index is 1660. The topological polar surface area (TPSA) is 108 Å². The highest BCUT2D eigenvalue weighted by molar-refractivity contribution is 7.13. The van der Waals surface area contributed by atoms with E-state index in [0.717, 1.165) is 54.3 Å². The van der Waals surface area contributed by atoms with Crippen molar-refractivity contribution in [2.45, 2.75) is 39.0 Å². The molecule has 45 heavy (non-hydrogen) atoms. The number of hydrogen-bond donors (Lipinski definition) is 1. The van der Waals surface area contributed by atoms with E-state index < -0.39 is 11.6 Å². The molecule has 6 rings (SSSR count). The molecule has 0 bridgehead atoms. The first-order valence-electron chi connectivity index (χ1n) is 15.0. The number of hydrogen-bond acceptors (Lipinski definition) is 9. The third-order valence-electron chi connectivity index (χ3n) is 7.83. The summed E-state index contributed by atoms with van der Waals surface area (Å²) in [5.41, 5.74) is 3.49. The van der Waals surface area contributed by atoms with Crippen molar-refractivity contribution in [2.24, 2.45) is 0 Å². The average Bonchev–Trinajstić information content (AvgIpc) is 3.65. The van der Waals surface area contributed by atoms with Gasteiger partial charge in [-0.2, -0.15) is 0 Å². The summed E-state index contributed by atoms with van der Waals surface area (Å²) in [6, 6.07) is 18.4. The van der Waals surface area contributed by atoms with Crippen molar-refractivity contribution < 1.29 is 19.1 Å². The number of piperazine rings is 1. The highest BCUT2D eigenvalue weighted by atomic mass is 32.1. The van der Waals surface area contributed by atoms with E-state index >= 15 is 0 Å². The lowest BCUT2D eigenvalue weighted by atomic mass is 10.0. The summed E-state index contributed by atoms with van der Waals surface area (Å²) in [6.07, 6.45) is 3.46. The third kappa shape index (κ3) is 7.05. The number of fused-ring (bicyclic) bond motifs is 1. The summed E-state index contributed by atoms with van der Waals surface area (Å²) in [7, 11) is 0. The Morgan fingerprint density at radius 2 is 1.73 bits per heavy atom. The lowest BCUT2D eigenvalue weighted by molar-refractivity contribution is -0.156. The van der Waals surface area contributed by atoms with E-state index in [1.165, 1.54) is 11.3 Å². The molecule has 10 nitrogen and oxygen atoms in total. The molecule has 2 aromatic heterocycles. The Hall–Kier alpha value is -4.61. The van der Waals surface area contributed by atoms with Crippen LogP contribution >= 0.6 is 11.3 Å². The molecule has 0 spiro atoms. The van der Waals surface area contributed by atoms with Gasteiger partial charge in [-0.3, -0.25) is 24.6 Å². The second kappa shape index (κ2) is 12.8. The van der Waals surface area contributed by atoms with Crippen LogP contribution in [0.5, 0.6) is 0 Å². The van der Waals surface area contributed by atoms with E-state index in [9.17, 15) is 14.4 Å². The van der Waals surface area contributed by atoms with Gasteiger partial charge in [0.2, 0.25) is 0 Å². The highest BCUT2D eigenvalue weighted by Crippen LogP contribution is 2.35. The fourth-order valence-corrected chi connectivity index (χ4v) is 6.25. The van der Waals surface area contributed by atoms with Gasteiger partial charge < -0.3 is 14.5 Å². The number of amides is 2. The number of carbonyl (C=O) groups excluding carboxylic acids is 3. The lowest BCUT2D eigenvalue weighted by Crippen LogP contribution is -2.48. The number of benzene rings is 2. The quantitative estimate of drug-likeness (QED) is 0.273. The molecule has 1 fully saturated rings. The van der Waals surface area contributed by atoms with E-state index in [1.807, 2.05) is 87.6 Å². The van der Waals surface area contributed by atoms with Crippen molar-refractivity contribution >= 4 is 40.1 Å². The van der Waals surface area contributed by atoms with Gasteiger partial charge in [-0.15, -0.1) is 11.3 Å². The van der Waals surface area contributed by atoms with Crippen LogP contribution in [0, 0.1) is 0 Å². The summed E-state index contributed by atoms with van der Waals surface area (Å²) >= 11 is 1.33. The molecule has 4 aromatic rings. The van der Waals surface area contributed by atoms with E-state index in [2.05, 4.69) is 20.1 Å². The molecule has 11 heteroatoms. The number of aromatic nitrogens is 2. The summed E-state index contributed by atoms with van der Waals surface area (Å²) in [4.78, 5) is 54.3. The molecule has 1 saturated heterocycles. The summed E-state index contributed by atoms with van der Waals surface area (Å²) in [6.45, 7) is 9.26. The molecule has 0 saturated carbocycles. The van der Waals surface area contributed by atoms with Gasteiger partial charge in [0.25, 0.3) is 11.8 Å². The Labute approximate surface area is 266 Å². The minimum atomic E-state index is -0.802. The van der Waals surface area contributed by atoms with Crippen molar-refractivity contribution in [1.82, 2.24) is 19.8 Å². The Morgan fingerprint density at radius 3 is 2.40 bits per heavy atom. The number of esters is 1. The van der Waals surface area contributed by atoms with E-state index in [-0.39, 0.29) is 24.3 Å². The van der Waals surface area contributed by atoms with Gasteiger partial charge in [0, 0.05) is 61.6 Å². The Morgan fingerprint density at radius 1 is 0.978 bits per heavy atom. The SMILES string of the molecule is CC(C)(C)OC(=O)CN1CCN(c2ccc(-c3ccc4c(c3)C(=O)N(C(C(=O)Nc3nccs3)c3ccccc3)C4)cn2)CC1. The number of carbonyl (C=O) groups is 3. The predicted molar refractivity (Wildman–Crippen MR) is 174 cm³/mol. The number of thiazole rings is 1. The number of rotatable bonds is 8. The maximum absolute atomic E-state index is 13.8. The zero-order valence-corrected chi connectivity index (χ0v) is 26.4. The lowest BCUT2D eigenvalue weighted by Gasteiger charge is -2.35. The van der Waals surface area contributed by atoms with Crippen LogP contribution in [0.2, 0.25) is 0 Å². The van der Waals surface area contributed by atoms with Crippen molar-refractivity contribution in [3.63, 3.8) is 0 Å². The molecule has 0 radical (unpaired) electrons. The van der Waals surface area contributed by atoms with Crippen LogP contribution in [0.25, 0.3) is 11.1 Å². The van der Waals surface area contributed by atoms with Gasteiger partial charge in [-0.1, -0.05) is 42.5 Å². The van der Waals surface area contributed by atoms with Crippen molar-refractivity contribution in [1.29, 1.82) is 0 Å². The third-order valence-corrected chi connectivity index (χ3v) is 8.52. The van der Waals surface area contributed by atoms with Crippen molar-refractivity contribution in [2.75, 3.05) is 42.9 Å². The van der Waals surface area contributed by atoms with Gasteiger partial charge in [0.1, 0.15) is 17.5 Å². The first-order valence-corrected chi connectivity index (χ1v) is 15.9. The average molecular weight is 625 g/mol. The molecule has 2 aliphatic heterocycles. The molecule has 0 aliphatic carbocycles. The largest absolute Gasteiger partial charge is 0.459 e. The number of nitrogens with zero attached hydrogens (tertiary/aromatic N) is 5. The number of anilines is 2. The standard InChI is InChI=1S/C34H36N6O4S/c1-34(2,3)44-29(41)22-38-14-16-39(17-15-38)28-12-11-25(20-36-28)24-9-10-26-21-40(32(43)27(26)19-24)30(23-7-5-4-6-8-23)31(42)37-33-35-13-18-45-33/h4-13,18-20,30H,14-17,21-22H2,1-3H3,(H,35,37,42). The molecule has 1 unspecified atom stereocenters. The van der Waals surface area contributed by atoms with Gasteiger partial charge in [0.15, 0.2) is 5.13 Å². The number of ether oxygens (including phenoxy) is 1. The molecule has 232 valence electrons. The van der Waals surface area contributed by atoms with Gasteiger partial charge in [-0.05, 0) is 55.7 Å². The fourth-order valence-electron chi connectivity index (χ4n) is 5.71. The maximum Gasteiger partial charge on any atom is 0.320 e. The van der Waals surface area contributed by atoms with E-state index in [0.29, 0.717) is 17.2 Å². The summed E-state index contributed by atoms with van der Waals surface area (Å²) in [5.74, 6) is 0.173. The zero-order chi connectivity index (χ0) is 31.6.